The lowest BCUT2D eigenvalue weighted by molar-refractivity contribution is 0.592. The molecule has 1 heterocycles. The van der Waals surface area contributed by atoms with E-state index in [2.05, 4.69) is 25.3 Å². The van der Waals surface area contributed by atoms with E-state index in [0.29, 0.717) is 18.3 Å². The Morgan fingerprint density at radius 2 is 1.84 bits per heavy atom. The van der Waals surface area contributed by atoms with Gasteiger partial charge in [-0.15, -0.1) is 0 Å². The van der Waals surface area contributed by atoms with E-state index in [1.165, 1.54) is 5.41 Å². The van der Waals surface area contributed by atoms with Crippen molar-refractivity contribution in [3.05, 3.63) is 53.1 Å². The van der Waals surface area contributed by atoms with Gasteiger partial charge in [-0.1, -0.05) is 30.3 Å². The molecule has 8 heteroatoms. The topological polar surface area (TPSA) is 96.0 Å². The predicted octanol–water partition coefficient (Wildman–Crippen LogP) is 2.22. The van der Waals surface area contributed by atoms with Crippen LogP contribution in [0.5, 0.6) is 0 Å². The third kappa shape index (κ3) is 6.90. The van der Waals surface area contributed by atoms with Crippen molar-refractivity contribution >= 4 is 27.9 Å². The monoisotopic (exact) mass is 361 g/mol. The molecule has 0 spiro atoms. The Morgan fingerprint density at radius 1 is 1.08 bits per heavy atom. The van der Waals surface area contributed by atoms with Gasteiger partial charge in [-0.25, -0.2) is 18.1 Å². The van der Waals surface area contributed by atoms with Crippen LogP contribution in [0, 0.1) is 6.92 Å². The maximum atomic E-state index is 11.9. The zero-order chi connectivity index (χ0) is 18.1. The molecule has 134 valence electrons. The second-order valence-corrected chi connectivity index (χ2v) is 6.98. The van der Waals surface area contributed by atoms with E-state index in [0.717, 1.165) is 17.8 Å². The number of aromatic nitrogens is 2. The highest BCUT2D eigenvalue weighted by Crippen LogP contribution is 2.09. The number of hydrogen-bond acceptors (Lipinski definition) is 6. The molecule has 2 aromatic rings. The van der Waals surface area contributed by atoms with Gasteiger partial charge < -0.3 is 10.6 Å². The molecule has 2 rings (SSSR count). The summed E-state index contributed by atoms with van der Waals surface area (Å²) in [6.45, 7) is 5.25. The Bertz CT molecular complexity index is 807. The summed E-state index contributed by atoms with van der Waals surface area (Å²) in [7, 11) is -3.47. The second-order valence-electron chi connectivity index (χ2n) is 5.33. The third-order valence-electron chi connectivity index (χ3n) is 3.16. The fourth-order valence-corrected chi connectivity index (χ4v) is 2.88. The molecule has 0 fully saturated rings. The Balaban J connectivity index is 1.83. The number of aryl methyl sites for hydroxylation is 1. The van der Waals surface area contributed by atoms with E-state index in [1.807, 2.05) is 50.2 Å². The quantitative estimate of drug-likeness (QED) is 0.593. The van der Waals surface area contributed by atoms with E-state index in [1.54, 1.807) is 6.08 Å². The highest BCUT2D eigenvalue weighted by Gasteiger charge is 2.05. The minimum atomic E-state index is -3.47. The first kappa shape index (κ1) is 18.9. The van der Waals surface area contributed by atoms with Gasteiger partial charge in [0, 0.05) is 36.8 Å². The molecule has 1 aromatic heterocycles. The predicted molar refractivity (Wildman–Crippen MR) is 102 cm³/mol. The van der Waals surface area contributed by atoms with Crippen molar-refractivity contribution in [3.8, 4) is 0 Å². The Morgan fingerprint density at radius 3 is 2.56 bits per heavy atom. The molecular formula is C17H23N5O2S. The number of sulfonamides is 1. The van der Waals surface area contributed by atoms with Crippen LogP contribution in [0.25, 0.3) is 6.08 Å². The van der Waals surface area contributed by atoms with Gasteiger partial charge in [0.05, 0.1) is 0 Å². The van der Waals surface area contributed by atoms with Crippen molar-refractivity contribution in [2.24, 2.45) is 0 Å². The van der Waals surface area contributed by atoms with Crippen LogP contribution in [0.1, 0.15) is 18.2 Å². The number of nitrogens with zero attached hydrogens (tertiary/aromatic N) is 2. The summed E-state index contributed by atoms with van der Waals surface area (Å²) in [6.07, 6.45) is 1.56. The van der Waals surface area contributed by atoms with Crippen molar-refractivity contribution in [1.29, 1.82) is 0 Å². The van der Waals surface area contributed by atoms with Crippen LogP contribution in [-0.2, 0) is 10.0 Å². The van der Waals surface area contributed by atoms with Crippen LogP contribution in [0.2, 0.25) is 0 Å². The van der Waals surface area contributed by atoms with E-state index < -0.39 is 10.0 Å². The molecule has 0 saturated carbocycles. The lowest BCUT2D eigenvalue weighted by Crippen LogP contribution is -2.27. The average Bonchev–Trinajstić information content (AvgIpc) is 2.58. The highest BCUT2D eigenvalue weighted by molar-refractivity contribution is 7.92. The molecule has 1 aromatic carbocycles. The highest BCUT2D eigenvalue weighted by atomic mass is 32.2. The van der Waals surface area contributed by atoms with Crippen LogP contribution >= 0.6 is 0 Å². The molecule has 0 radical (unpaired) electrons. The molecule has 0 unspecified atom stereocenters. The normalized spacial score (nSPS) is 11.6. The smallest absolute Gasteiger partial charge is 0.233 e. The molecule has 0 aliphatic rings. The SMILES string of the molecule is CCNc1nc(C)cc(NCCNS(=O)(=O)/C=C/c2ccccc2)n1. The van der Waals surface area contributed by atoms with Gasteiger partial charge in [-0.3, -0.25) is 0 Å². The molecule has 0 bridgehead atoms. The number of rotatable bonds is 9. The molecule has 0 saturated heterocycles. The summed E-state index contributed by atoms with van der Waals surface area (Å²) < 4.78 is 26.4. The first-order chi connectivity index (χ1) is 12.0. The van der Waals surface area contributed by atoms with Gasteiger partial charge in [0.2, 0.25) is 16.0 Å². The number of nitrogens with one attached hydrogen (secondary N) is 3. The van der Waals surface area contributed by atoms with Crippen LogP contribution in [0.3, 0.4) is 0 Å². The first-order valence-electron chi connectivity index (χ1n) is 8.05. The largest absolute Gasteiger partial charge is 0.369 e. The lowest BCUT2D eigenvalue weighted by atomic mass is 10.2. The van der Waals surface area contributed by atoms with Gasteiger partial charge in [-0.2, -0.15) is 4.98 Å². The Kier molecular flexibility index (Phi) is 6.91. The van der Waals surface area contributed by atoms with E-state index >= 15 is 0 Å². The van der Waals surface area contributed by atoms with E-state index in [4.69, 9.17) is 0 Å². The zero-order valence-electron chi connectivity index (χ0n) is 14.4. The number of hydrogen-bond donors (Lipinski definition) is 3. The summed E-state index contributed by atoms with van der Waals surface area (Å²) in [6, 6.07) is 11.1. The van der Waals surface area contributed by atoms with Crippen molar-refractivity contribution in [2.45, 2.75) is 13.8 Å². The fraction of sp³-hybridized carbons (Fsp3) is 0.294. The maximum absolute atomic E-state index is 11.9. The Labute approximate surface area is 148 Å². The molecule has 25 heavy (non-hydrogen) atoms. The number of anilines is 2. The molecule has 0 aliphatic carbocycles. The van der Waals surface area contributed by atoms with Crippen LogP contribution in [-0.4, -0.2) is 38.0 Å². The van der Waals surface area contributed by atoms with E-state index in [9.17, 15) is 8.42 Å². The molecular weight excluding hydrogens is 338 g/mol. The molecule has 7 nitrogen and oxygen atoms in total. The van der Waals surface area contributed by atoms with Crippen molar-refractivity contribution in [1.82, 2.24) is 14.7 Å². The minimum absolute atomic E-state index is 0.251. The number of benzene rings is 1. The minimum Gasteiger partial charge on any atom is -0.369 e. The third-order valence-corrected chi connectivity index (χ3v) is 4.26. The molecule has 0 aliphatic heterocycles. The summed E-state index contributed by atoms with van der Waals surface area (Å²) in [5, 5.41) is 7.31. The summed E-state index contributed by atoms with van der Waals surface area (Å²) in [5.41, 5.74) is 1.67. The van der Waals surface area contributed by atoms with Crippen molar-refractivity contribution < 1.29 is 8.42 Å². The lowest BCUT2D eigenvalue weighted by Gasteiger charge is -2.09. The van der Waals surface area contributed by atoms with Crippen LogP contribution in [0.15, 0.2) is 41.8 Å². The standard InChI is InChI=1S/C17H23N5O2S/c1-3-18-17-21-14(2)13-16(22-17)19-10-11-20-25(23,24)12-9-15-7-5-4-6-8-15/h4-9,12-13,20H,3,10-11H2,1-2H3,(H2,18,19,21,22)/b12-9+. The van der Waals surface area contributed by atoms with Gasteiger partial charge in [0.25, 0.3) is 0 Å². The Hall–Kier alpha value is -2.45. The summed E-state index contributed by atoms with van der Waals surface area (Å²) in [4.78, 5) is 8.57. The van der Waals surface area contributed by atoms with Gasteiger partial charge >= 0.3 is 0 Å². The van der Waals surface area contributed by atoms with Gasteiger partial charge in [-0.05, 0) is 25.5 Å². The van der Waals surface area contributed by atoms with E-state index in [-0.39, 0.29) is 6.54 Å². The van der Waals surface area contributed by atoms with Gasteiger partial charge in [0.15, 0.2) is 0 Å². The fourth-order valence-electron chi connectivity index (χ4n) is 2.06. The maximum Gasteiger partial charge on any atom is 0.233 e. The summed E-state index contributed by atoms with van der Waals surface area (Å²) in [5.74, 6) is 1.21. The molecule has 3 N–H and O–H groups in total. The molecule has 0 atom stereocenters. The summed E-state index contributed by atoms with van der Waals surface area (Å²) >= 11 is 0. The second kappa shape index (κ2) is 9.14. The van der Waals surface area contributed by atoms with Crippen LogP contribution < -0.4 is 15.4 Å². The molecule has 0 amide bonds. The first-order valence-corrected chi connectivity index (χ1v) is 9.59. The van der Waals surface area contributed by atoms with Crippen molar-refractivity contribution in [2.75, 3.05) is 30.3 Å². The zero-order valence-corrected chi connectivity index (χ0v) is 15.2. The van der Waals surface area contributed by atoms with Crippen molar-refractivity contribution in [3.63, 3.8) is 0 Å². The van der Waals surface area contributed by atoms with Gasteiger partial charge in [0.1, 0.15) is 5.82 Å². The van der Waals surface area contributed by atoms with Crippen LogP contribution in [0.4, 0.5) is 11.8 Å². The average molecular weight is 361 g/mol.